The second kappa shape index (κ2) is 8.90. The number of hydrogen-bond acceptors (Lipinski definition) is 5. The Bertz CT molecular complexity index is 1010. The maximum atomic E-state index is 12.7. The lowest BCUT2D eigenvalue weighted by atomic mass is 10.1. The highest BCUT2D eigenvalue weighted by molar-refractivity contribution is 6.35. The van der Waals surface area contributed by atoms with Crippen molar-refractivity contribution in [1.29, 1.82) is 0 Å². The molecule has 0 unspecified atom stereocenters. The molecule has 1 aliphatic heterocycles. The molecule has 1 aliphatic rings. The Balaban J connectivity index is 1.39. The summed E-state index contributed by atoms with van der Waals surface area (Å²) in [5.41, 5.74) is 2.28. The lowest BCUT2D eigenvalue weighted by molar-refractivity contribution is 0.0746. The van der Waals surface area contributed by atoms with Gasteiger partial charge in [0.2, 0.25) is 0 Å². The van der Waals surface area contributed by atoms with Crippen LogP contribution in [0.1, 0.15) is 10.4 Å². The quantitative estimate of drug-likeness (QED) is 0.598. The molecule has 0 N–H and O–H groups in total. The van der Waals surface area contributed by atoms with Crippen molar-refractivity contribution in [2.45, 2.75) is 0 Å². The first kappa shape index (κ1) is 20.4. The molecule has 1 aromatic heterocycles. The lowest BCUT2D eigenvalue weighted by Crippen LogP contribution is -2.49. The van der Waals surface area contributed by atoms with E-state index in [0.717, 1.165) is 22.8 Å². The van der Waals surface area contributed by atoms with Crippen LogP contribution >= 0.6 is 23.2 Å². The van der Waals surface area contributed by atoms with Gasteiger partial charge in [-0.3, -0.25) is 4.79 Å². The Labute approximate surface area is 185 Å². The number of hydrogen-bond donors (Lipinski definition) is 0. The Morgan fingerprint density at radius 3 is 2.13 bits per heavy atom. The Kier molecular flexibility index (Phi) is 6.06. The number of halogens is 2. The molecule has 0 saturated carbocycles. The minimum absolute atomic E-state index is 0.0695. The van der Waals surface area contributed by atoms with Crippen LogP contribution < -0.4 is 9.64 Å². The molecule has 30 heavy (non-hydrogen) atoms. The number of methoxy groups -OCH3 is 1. The molecule has 6 nitrogen and oxygen atoms in total. The average Bonchev–Trinajstić information content (AvgIpc) is 2.78. The second-order valence-electron chi connectivity index (χ2n) is 6.94. The molecule has 1 fully saturated rings. The van der Waals surface area contributed by atoms with Gasteiger partial charge in [-0.1, -0.05) is 23.2 Å². The van der Waals surface area contributed by atoms with E-state index >= 15 is 0 Å². The number of ether oxygens (including phenoxy) is 1. The van der Waals surface area contributed by atoms with Crippen LogP contribution in [0.5, 0.6) is 5.75 Å². The van der Waals surface area contributed by atoms with Gasteiger partial charge in [0, 0.05) is 47.4 Å². The highest BCUT2D eigenvalue weighted by Gasteiger charge is 2.23. The van der Waals surface area contributed by atoms with E-state index in [0.29, 0.717) is 41.8 Å². The van der Waals surface area contributed by atoms with Gasteiger partial charge in [0.15, 0.2) is 5.82 Å². The molecule has 0 atom stereocenters. The van der Waals surface area contributed by atoms with Crippen molar-refractivity contribution >= 4 is 34.9 Å². The van der Waals surface area contributed by atoms with E-state index in [1.807, 2.05) is 36.4 Å². The normalized spacial score (nSPS) is 14.0. The van der Waals surface area contributed by atoms with Gasteiger partial charge in [-0.2, -0.15) is 0 Å². The van der Waals surface area contributed by atoms with Gasteiger partial charge < -0.3 is 14.5 Å². The standard InChI is InChI=1S/C22H20Cl2N4O2/c1-30-19-4-2-15(3-5-19)20-6-7-21(26-25-20)27-8-10-28(11-9-27)22(29)16-12-17(23)14-18(24)13-16/h2-7,12-14H,8-11H2,1H3. The minimum Gasteiger partial charge on any atom is -0.497 e. The lowest BCUT2D eigenvalue weighted by Gasteiger charge is -2.35. The van der Waals surface area contributed by atoms with Gasteiger partial charge in [-0.05, 0) is 54.6 Å². The summed E-state index contributed by atoms with van der Waals surface area (Å²) in [5.74, 6) is 1.53. The zero-order chi connectivity index (χ0) is 21.1. The number of rotatable bonds is 4. The fourth-order valence-corrected chi connectivity index (χ4v) is 3.93. The molecule has 2 aromatic carbocycles. The molecule has 1 saturated heterocycles. The Morgan fingerprint density at radius 2 is 1.57 bits per heavy atom. The van der Waals surface area contributed by atoms with E-state index in [1.165, 1.54) is 0 Å². The summed E-state index contributed by atoms with van der Waals surface area (Å²) in [6.07, 6.45) is 0. The molecule has 8 heteroatoms. The number of nitrogens with zero attached hydrogens (tertiary/aromatic N) is 4. The molecule has 2 heterocycles. The van der Waals surface area contributed by atoms with Crippen molar-refractivity contribution in [3.05, 3.63) is 70.2 Å². The van der Waals surface area contributed by atoms with E-state index in [9.17, 15) is 4.79 Å². The first-order valence-corrected chi connectivity index (χ1v) is 10.3. The number of amides is 1. The monoisotopic (exact) mass is 442 g/mol. The number of carbonyl (C=O) groups excluding carboxylic acids is 1. The first-order valence-electron chi connectivity index (χ1n) is 9.52. The van der Waals surface area contributed by atoms with Crippen LogP contribution in [-0.2, 0) is 0 Å². The van der Waals surface area contributed by atoms with Gasteiger partial charge >= 0.3 is 0 Å². The zero-order valence-electron chi connectivity index (χ0n) is 16.4. The van der Waals surface area contributed by atoms with Gasteiger partial charge in [-0.15, -0.1) is 10.2 Å². The summed E-state index contributed by atoms with van der Waals surface area (Å²) in [7, 11) is 1.64. The molecular formula is C22H20Cl2N4O2. The molecule has 3 aromatic rings. The van der Waals surface area contributed by atoms with Crippen LogP contribution in [0.2, 0.25) is 10.0 Å². The van der Waals surface area contributed by atoms with Crippen molar-refractivity contribution < 1.29 is 9.53 Å². The Hall–Kier alpha value is -2.83. The Morgan fingerprint density at radius 1 is 0.900 bits per heavy atom. The molecule has 154 valence electrons. The molecule has 1 amide bonds. The summed E-state index contributed by atoms with van der Waals surface area (Å²) in [6.45, 7) is 2.53. The number of anilines is 1. The van der Waals surface area contributed by atoms with Crippen molar-refractivity contribution in [1.82, 2.24) is 15.1 Å². The van der Waals surface area contributed by atoms with Gasteiger partial charge in [-0.25, -0.2) is 0 Å². The highest BCUT2D eigenvalue weighted by atomic mass is 35.5. The van der Waals surface area contributed by atoms with E-state index in [4.69, 9.17) is 27.9 Å². The topological polar surface area (TPSA) is 58.6 Å². The average molecular weight is 443 g/mol. The van der Waals surface area contributed by atoms with Crippen molar-refractivity contribution in [2.75, 3.05) is 38.2 Å². The highest BCUT2D eigenvalue weighted by Crippen LogP contribution is 2.23. The fraction of sp³-hybridized carbons (Fsp3) is 0.227. The summed E-state index contributed by atoms with van der Waals surface area (Å²) in [4.78, 5) is 16.7. The maximum absolute atomic E-state index is 12.7. The SMILES string of the molecule is COc1ccc(-c2ccc(N3CCN(C(=O)c4cc(Cl)cc(Cl)c4)CC3)nn2)cc1. The van der Waals surface area contributed by atoms with Crippen molar-refractivity contribution in [3.8, 4) is 17.0 Å². The van der Waals surface area contributed by atoms with E-state index in [2.05, 4.69) is 15.1 Å². The third-order valence-corrected chi connectivity index (χ3v) is 5.47. The molecular weight excluding hydrogens is 423 g/mol. The van der Waals surface area contributed by atoms with E-state index in [1.54, 1.807) is 30.2 Å². The zero-order valence-corrected chi connectivity index (χ0v) is 17.9. The largest absolute Gasteiger partial charge is 0.497 e. The number of carbonyl (C=O) groups is 1. The number of piperazine rings is 1. The summed E-state index contributed by atoms with van der Waals surface area (Å²) < 4.78 is 5.19. The second-order valence-corrected chi connectivity index (χ2v) is 7.82. The minimum atomic E-state index is -0.0695. The molecule has 0 spiro atoms. The smallest absolute Gasteiger partial charge is 0.254 e. The molecule has 0 aliphatic carbocycles. The van der Waals surface area contributed by atoms with Crippen LogP contribution in [0.15, 0.2) is 54.6 Å². The van der Waals surface area contributed by atoms with E-state index < -0.39 is 0 Å². The van der Waals surface area contributed by atoms with Crippen LogP contribution in [0, 0.1) is 0 Å². The van der Waals surface area contributed by atoms with Gasteiger partial charge in [0.25, 0.3) is 5.91 Å². The van der Waals surface area contributed by atoms with Crippen LogP contribution in [0.4, 0.5) is 5.82 Å². The molecule has 0 bridgehead atoms. The third kappa shape index (κ3) is 4.50. The van der Waals surface area contributed by atoms with Gasteiger partial charge in [0.1, 0.15) is 5.75 Å². The number of benzene rings is 2. The maximum Gasteiger partial charge on any atom is 0.254 e. The van der Waals surface area contributed by atoms with Crippen molar-refractivity contribution in [2.24, 2.45) is 0 Å². The third-order valence-electron chi connectivity index (χ3n) is 5.04. The van der Waals surface area contributed by atoms with Crippen molar-refractivity contribution in [3.63, 3.8) is 0 Å². The first-order chi connectivity index (χ1) is 14.5. The predicted molar refractivity (Wildman–Crippen MR) is 119 cm³/mol. The van der Waals surface area contributed by atoms with Gasteiger partial charge in [0.05, 0.1) is 12.8 Å². The summed E-state index contributed by atoms with van der Waals surface area (Å²) in [6, 6.07) is 16.5. The van der Waals surface area contributed by atoms with Crippen LogP contribution in [0.3, 0.4) is 0 Å². The molecule has 0 radical (unpaired) electrons. The fourth-order valence-electron chi connectivity index (χ4n) is 3.41. The van der Waals surface area contributed by atoms with Crippen LogP contribution in [-0.4, -0.2) is 54.3 Å². The predicted octanol–water partition coefficient (Wildman–Crippen LogP) is 4.42. The summed E-state index contributed by atoms with van der Waals surface area (Å²) >= 11 is 12.0. The van der Waals surface area contributed by atoms with Crippen LogP contribution in [0.25, 0.3) is 11.3 Å². The number of aromatic nitrogens is 2. The molecule has 4 rings (SSSR count). The summed E-state index contributed by atoms with van der Waals surface area (Å²) in [5, 5.41) is 9.65. The van der Waals surface area contributed by atoms with E-state index in [-0.39, 0.29) is 5.91 Å².